The summed E-state index contributed by atoms with van der Waals surface area (Å²) in [6.45, 7) is 4.60. The molecule has 0 radical (unpaired) electrons. The van der Waals surface area contributed by atoms with Crippen LogP contribution in [0, 0.1) is 0 Å². The van der Waals surface area contributed by atoms with Gasteiger partial charge in [-0.3, -0.25) is 0 Å². The van der Waals surface area contributed by atoms with Gasteiger partial charge >= 0.3 is 5.97 Å². The van der Waals surface area contributed by atoms with Crippen molar-refractivity contribution in [3.05, 3.63) is 17.0 Å². The summed E-state index contributed by atoms with van der Waals surface area (Å²) in [6, 6.07) is 3.56. The topological polar surface area (TPSA) is 49.8 Å². The smallest absolute Gasteiger partial charge is 0.345 e. The fraction of sp³-hybridized carbons (Fsp3) is 0.583. The van der Waals surface area contributed by atoms with E-state index >= 15 is 0 Å². The average molecular weight is 255 g/mol. The SMILES string of the molecule is CCOC1CCCN(c2ccc(C(=O)O)s2)C1. The van der Waals surface area contributed by atoms with Crippen molar-refractivity contribution >= 4 is 22.3 Å². The van der Waals surface area contributed by atoms with Crippen molar-refractivity contribution in [3.63, 3.8) is 0 Å². The first-order chi connectivity index (χ1) is 8.20. The number of ether oxygens (including phenoxy) is 1. The van der Waals surface area contributed by atoms with E-state index < -0.39 is 5.97 Å². The fourth-order valence-electron chi connectivity index (χ4n) is 2.12. The van der Waals surface area contributed by atoms with Crippen molar-refractivity contribution in [1.82, 2.24) is 0 Å². The Labute approximate surface area is 105 Å². The minimum atomic E-state index is -0.848. The highest BCUT2D eigenvalue weighted by Crippen LogP contribution is 2.29. The van der Waals surface area contributed by atoms with Crippen LogP contribution in [0.3, 0.4) is 0 Å². The number of thiophene rings is 1. The lowest BCUT2D eigenvalue weighted by atomic mass is 10.1. The summed E-state index contributed by atoms with van der Waals surface area (Å²) in [7, 11) is 0. The second-order valence-corrected chi connectivity index (χ2v) is 5.17. The highest BCUT2D eigenvalue weighted by molar-refractivity contribution is 7.17. The minimum Gasteiger partial charge on any atom is -0.477 e. The monoisotopic (exact) mass is 255 g/mol. The lowest BCUT2D eigenvalue weighted by Crippen LogP contribution is -2.39. The van der Waals surface area contributed by atoms with E-state index in [1.165, 1.54) is 11.3 Å². The summed E-state index contributed by atoms with van der Waals surface area (Å²) < 4.78 is 5.64. The molecule has 0 amide bonds. The van der Waals surface area contributed by atoms with Crippen molar-refractivity contribution in [2.45, 2.75) is 25.9 Å². The highest BCUT2D eigenvalue weighted by atomic mass is 32.1. The molecular weight excluding hydrogens is 238 g/mol. The van der Waals surface area contributed by atoms with E-state index in [0.717, 1.165) is 37.5 Å². The predicted molar refractivity (Wildman–Crippen MR) is 68.1 cm³/mol. The fourth-order valence-corrected chi connectivity index (χ4v) is 3.00. The molecule has 1 N–H and O–H groups in total. The molecule has 5 heteroatoms. The number of carboxylic acid groups (broad SMARTS) is 1. The maximum Gasteiger partial charge on any atom is 0.345 e. The quantitative estimate of drug-likeness (QED) is 0.898. The highest BCUT2D eigenvalue weighted by Gasteiger charge is 2.21. The van der Waals surface area contributed by atoms with Gasteiger partial charge in [-0.15, -0.1) is 11.3 Å². The Hall–Kier alpha value is -1.07. The number of carbonyl (C=O) groups is 1. The summed E-state index contributed by atoms with van der Waals surface area (Å²) in [5.74, 6) is -0.848. The van der Waals surface area contributed by atoms with Crippen LogP contribution in [-0.4, -0.2) is 36.9 Å². The number of hydrogen-bond acceptors (Lipinski definition) is 4. The molecule has 0 aliphatic carbocycles. The van der Waals surface area contributed by atoms with Gasteiger partial charge in [-0.05, 0) is 31.9 Å². The minimum absolute atomic E-state index is 0.282. The summed E-state index contributed by atoms with van der Waals surface area (Å²) >= 11 is 1.34. The summed E-state index contributed by atoms with van der Waals surface area (Å²) in [5.41, 5.74) is 0. The molecule has 0 aromatic carbocycles. The number of carboxylic acids is 1. The number of piperidine rings is 1. The van der Waals surface area contributed by atoms with Crippen LogP contribution in [0.2, 0.25) is 0 Å². The van der Waals surface area contributed by atoms with Gasteiger partial charge < -0.3 is 14.7 Å². The normalized spacial score (nSPS) is 20.5. The molecule has 1 aliphatic rings. The molecule has 1 aromatic rings. The maximum atomic E-state index is 10.8. The Bertz CT molecular complexity index is 389. The first kappa shape index (κ1) is 12.4. The van der Waals surface area contributed by atoms with Gasteiger partial charge in [-0.2, -0.15) is 0 Å². The molecule has 2 heterocycles. The van der Waals surface area contributed by atoms with Crippen molar-refractivity contribution in [2.24, 2.45) is 0 Å². The van der Waals surface area contributed by atoms with Crippen LogP contribution in [0.15, 0.2) is 12.1 Å². The van der Waals surface area contributed by atoms with Gasteiger partial charge in [-0.1, -0.05) is 0 Å². The van der Waals surface area contributed by atoms with Gasteiger partial charge in [-0.25, -0.2) is 4.79 Å². The van der Waals surface area contributed by atoms with Crippen LogP contribution in [0.4, 0.5) is 5.00 Å². The summed E-state index contributed by atoms with van der Waals surface area (Å²) in [6.07, 6.45) is 2.48. The van der Waals surface area contributed by atoms with Crippen molar-refractivity contribution < 1.29 is 14.6 Å². The Morgan fingerprint density at radius 1 is 1.65 bits per heavy atom. The second-order valence-electron chi connectivity index (χ2n) is 4.11. The number of anilines is 1. The lowest BCUT2D eigenvalue weighted by Gasteiger charge is -2.33. The number of hydrogen-bond donors (Lipinski definition) is 1. The van der Waals surface area contributed by atoms with E-state index in [2.05, 4.69) is 4.90 Å². The molecule has 4 nitrogen and oxygen atoms in total. The van der Waals surface area contributed by atoms with Gasteiger partial charge in [0.15, 0.2) is 0 Å². The van der Waals surface area contributed by atoms with Crippen molar-refractivity contribution in [1.29, 1.82) is 0 Å². The first-order valence-corrected chi connectivity index (χ1v) is 6.72. The Morgan fingerprint density at radius 3 is 3.12 bits per heavy atom. The van der Waals surface area contributed by atoms with E-state index in [0.29, 0.717) is 4.88 Å². The van der Waals surface area contributed by atoms with Crippen LogP contribution in [0.1, 0.15) is 29.4 Å². The molecule has 1 unspecified atom stereocenters. The van der Waals surface area contributed by atoms with Gasteiger partial charge in [0.05, 0.1) is 11.1 Å². The molecule has 0 bridgehead atoms. The van der Waals surface area contributed by atoms with E-state index in [-0.39, 0.29) is 6.10 Å². The molecule has 94 valence electrons. The molecule has 17 heavy (non-hydrogen) atoms. The lowest BCUT2D eigenvalue weighted by molar-refractivity contribution is 0.0528. The molecular formula is C12H17NO3S. The van der Waals surface area contributed by atoms with Gasteiger partial charge in [0.2, 0.25) is 0 Å². The maximum absolute atomic E-state index is 10.8. The van der Waals surface area contributed by atoms with Gasteiger partial charge in [0, 0.05) is 19.7 Å². The van der Waals surface area contributed by atoms with Crippen LogP contribution >= 0.6 is 11.3 Å². The van der Waals surface area contributed by atoms with Crippen molar-refractivity contribution in [3.8, 4) is 0 Å². The third-order valence-corrected chi connectivity index (χ3v) is 4.03. The average Bonchev–Trinajstić information content (AvgIpc) is 2.79. The van der Waals surface area contributed by atoms with E-state index in [4.69, 9.17) is 9.84 Å². The first-order valence-electron chi connectivity index (χ1n) is 5.90. The number of nitrogens with zero attached hydrogens (tertiary/aromatic N) is 1. The zero-order chi connectivity index (χ0) is 12.3. The van der Waals surface area contributed by atoms with E-state index in [1.54, 1.807) is 6.07 Å². The molecule has 1 fully saturated rings. The predicted octanol–water partition coefficient (Wildman–Crippen LogP) is 2.45. The van der Waals surface area contributed by atoms with Crippen LogP contribution < -0.4 is 4.90 Å². The number of aromatic carboxylic acids is 1. The molecule has 1 saturated heterocycles. The Morgan fingerprint density at radius 2 is 2.47 bits per heavy atom. The molecule has 1 aromatic heterocycles. The second kappa shape index (κ2) is 5.51. The third kappa shape index (κ3) is 2.98. The standard InChI is InChI=1S/C12H17NO3S/c1-2-16-9-4-3-7-13(8-9)11-6-5-10(17-11)12(14)15/h5-6,9H,2-4,7-8H2,1H3,(H,14,15). The Balaban J connectivity index is 2.02. The molecule has 0 saturated carbocycles. The van der Waals surface area contributed by atoms with E-state index in [9.17, 15) is 4.79 Å². The van der Waals surface area contributed by atoms with E-state index in [1.807, 2.05) is 13.0 Å². The third-order valence-electron chi connectivity index (χ3n) is 2.89. The largest absolute Gasteiger partial charge is 0.477 e. The van der Waals surface area contributed by atoms with Crippen LogP contribution in [0.5, 0.6) is 0 Å². The zero-order valence-electron chi connectivity index (χ0n) is 9.89. The number of rotatable bonds is 4. The van der Waals surface area contributed by atoms with Crippen molar-refractivity contribution in [2.75, 3.05) is 24.6 Å². The summed E-state index contributed by atoms with van der Waals surface area (Å²) in [5, 5.41) is 9.93. The van der Waals surface area contributed by atoms with Gasteiger partial charge in [0.1, 0.15) is 4.88 Å². The molecule has 1 atom stereocenters. The Kier molecular flexibility index (Phi) is 4.02. The molecule has 0 spiro atoms. The molecule has 2 rings (SSSR count). The summed E-state index contributed by atoms with van der Waals surface area (Å²) in [4.78, 5) is 13.5. The zero-order valence-corrected chi connectivity index (χ0v) is 10.7. The van der Waals surface area contributed by atoms with Crippen LogP contribution in [-0.2, 0) is 4.74 Å². The molecule has 1 aliphatic heterocycles. The van der Waals surface area contributed by atoms with Crippen LogP contribution in [0.25, 0.3) is 0 Å². The van der Waals surface area contributed by atoms with Gasteiger partial charge in [0.25, 0.3) is 0 Å².